The van der Waals surface area contributed by atoms with Gasteiger partial charge in [0.25, 0.3) is 0 Å². The minimum Gasteiger partial charge on any atom is -0.344 e. The van der Waals surface area contributed by atoms with E-state index in [1.54, 1.807) is 11.2 Å². The van der Waals surface area contributed by atoms with Gasteiger partial charge >= 0.3 is 0 Å². The summed E-state index contributed by atoms with van der Waals surface area (Å²) in [4.78, 5) is 13.4. The van der Waals surface area contributed by atoms with Crippen LogP contribution >= 0.6 is 23.1 Å². The number of nitrogens with one attached hydrogen (secondary N) is 1. The molecule has 28 heavy (non-hydrogen) atoms. The lowest BCUT2D eigenvalue weighted by Gasteiger charge is -2.38. The van der Waals surface area contributed by atoms with Gasteiger partial charge in [0, 0.05) is 10.6 Å². The minimum atomic E-state index is 0.733. The van der Waals surface area contributed by atoms with Gasteiger partial charge in [-0.2, -0.15) is 4.37 Å². The van der Waals surface area contributed by atoms with E-state index in [9.17, 15) is 0 Å². The zero-order valence-corrected chi connectivity index (χ0v) is 17.5. The van der Waals surface area contributed by atoms with Crippen LogP contribution in [0.3, 0.4) is 0 Å². The summed E-state index contributed by atoms with van der Waals surface area (Å²) in [5.41, 5.74) is 2.91. The molecule has 0 bridgehead atoms. The van der Waals surface area contributed by atoms with Crippen molar-refractivity contribution in [2.75, 3.05) is 31.1 Å². The van der Waals surface area contributed by atoms with E-state index in [-0.39, 0.29) is 0 Å². The summed E-state index contributed by atoms with van der Waals surface area (Å²) in [5.74, 6) is 1.05. The highest BCUT2D eigenvalue weighted by molar-refractivity contribution is 7.14. The molecule has 0 atom stereocenters. The number of aromatic nitrogens is 3. The molecular weight excluding hydrogens is 390 g/mol. The molecule has 2 aliphatic rings. The summed E-state index contributed by atoms with van der Waals surface area (Å²) < 4.78 is 5.79. The monoisotopic (exact) mass is 414 g/mol. The van der Waals surface area contributed by atoms with Gasteiger partial charge in [0.1, 0.15) is 22.2 Å². The van der Waals surface area contributed by atoms with E-state index in [2.05, 4.69) is 14.9 Å². The standard InChI is InChI=1S/C21H24ClN5S/c22-16-8-6-15(7-9-16)18-19-20(28-25-18)21(24-14-23-19)27-12-10-26(11-13-27)17-4-2-1-3-5-17/h6-9,14,17H,1-5,10-13H2/p+1. The second-order valence-corrected chi connectivity index (χ2v) is 9.10. The van der Waals surface area contributed by atoms with Crippen molar-refractivity contribution >= 4 is 39.2 Å². The molecule has 1 saturated heterocycles. The Labute approximate surface area is 174 Å². The molecule has 3 aromatic rings. The molecule has 1 N–H and O–H groups in total. The molecule has 2 aromatic heterocycles. The summed E-state index contributed by atoms with van der Waals surface area (Å²) in [6, 6.07) is 8.69. The molecular formula is C21H25ClN5S+. The Bertz CT molecular complexity index is 943. The second-order valence-electron chi connectivity index (χ2n) is 7.89. The van der Waals surface area contributed by atoms with Crippen LogP contribution in [-0.4, -0.2) is 46.6 Å². The Morgan fingerprint density at radius 1 is 1.00 bits per heavy atom. The Morgan fingerprint density at radius 2 is 1.75 bits per heavy atom. The third-order valence-corrected chi connectivity index (χ3v) is 7.33. The molecule has 1 aliphatic carbocycles. The van der Waals surface area contributed by atoms with Crippen LogP contribution in [0.15, 0.2) is 30.6 Å². The predicted octanol–water partition coefficient (Wildman–Crippen LogP) is 3.44. The zero-order valence-electron chi connectivity index (χ0n) is 15.9. The van der Waals surface area contributed by atoms with Crippen molar-refractivity contribution in [1.82, 2.24) is 14.3 Å². The van der Waals surface area contributed by atoms with Gasteiger partial charge in [0.2, 0.25) is 0 Å². The highest BCUT2D eigenvalue weighted by Crippen LogP contribution is 2.34. The third kappa shape index (κ3) is 3.49. The maximum atomic E-state index is 6.03. The topological polar surface area (TPSA) is 46.4 Å². The largest absolute Gasteiger partial charge is 0.344 e. The van der Waals surface area contributed by atoms with E-state index in [1.807, 2.05) is 24.3 Å². The molecule has 7 heteroatoms. The number of benzene rings is 1. The first kappa shape index (κ1) is 18.3. The van der Waals surface area contributed by atoms with Crippen molar-refractivity contribution in [3.63, 3.8) is 0 Å². The molecule has 5 rings (SSSR count). The van der Waals surface area contributed by atoms with E-state index in [4.69, 9.17) is 16.0 Å². The van der Waals surface area contributed by atoms with Gasteiger partial charge in [-0.25, -0.2) is 9.97 Å². The molecule has 146 valence electrons. The quantitative estimate of drug-likeness (QED) is 0.713. The fraction of sp³-hybridized carbons (Fsp3) is 0.476. The van der Waals surface area contributed by atoms with E-state index in [0.29, 0.717) is 0 Å². The highest BCUT2D eigenvalue weighted by atomic mass is 35.5. The van der Waals surface area contributed by atoms with Gasteiger partial charge in [0.05, 0.1) is 32.2 Å². The number of hydrogen-bond acceptors (Lipinski definition) is 5. The minimum absolute atomic E-state index is 0.733. The van der Waals surface area contributed by atoms with Crippen molar-refractivity contribution in [2.45, 2.75) is 38.1 Å². The molecule has 0 amide bonds. The van der Waals surface area contributed by atoms with Gasteiger partial charge in [0.15, 0.2) is 5.82 Å². The highest BCUT2D eigenvalue weighted by Gasteiger charge is 2.30. The number of fused-ring (bicyclic) bond motifs is 1. The van der Waals surface area contributed by atoms with Gasteiger partial charge in [-0.3, -0.25) is 0 Å². The number of quaternary nitrogens is 1. The Kier molecular flexibility index (Phi) is 5.18. The normalized spacial score (nSPS) is 19.4. The number of rotatable bonds is 3. The van der Waals surface area contributed by atoms with Crippen molar-refractivity contribution in [3.05, 3.63) is 35.6 Å². The van der Waals surface area contributed by atoms with Gasteiger partial charge in [-0.05, 0) is 49.3 Å². The van der Waals surface area contributed by atoms with Crippen molar-refractivity contribution in [2.24, 2.45) is 0 Å². The number of nitrogens with zero attached hydrogens (tertiary/aromatic N) is 4. The predicted molar refractivity (Wildman–Crippen MR) is 115 cm³/mol. The number of anilines is 1. The molecule has 0 radical (unpaired) electrons. The zero-order chi connectivity index (χ0) is 18.9. The first-order valence-corrected chi connectivity index (χ1v) is 11.4. The summed E-state index contributed by atoms with van der Waals surface area (Å²) in [6.07, 6.45) is 8.76. The summed E-state index contributed by atoms with van der Waals surface area (Å²) in [7, 11) is 0. The fourth-order valence-electron chi connectivity index (χ4n) is 4.70. The molecule has 3 heterocycles. The summed E-state index contributed by atoms with van der Waals surface area (Å²) >= 11 is 7.54. The van der Waals surface area contributed by atoms with Crippen molar-refractivity contribution in [3.8, 4) is 11.3 Å². The maximum Gasteiger partial charge on any atom is 0.152 e. The van der Waals surface area contributed by atoms with Crippen LogP contribution in [-0.2, 0) is 0 Å². The third-order valence-electron chi connectivity index (χ3n) is 6.24. The van der Waals surface area contributed by atoms with Crippen LogP contribution in [0.1, 0.15) is 32.1 Å². The van der Waals surface area contributed by atoms with Gasteiger partial charge in [-0.15, -0.1) is 0 Å². The lowest BCUT2D eigenvalue weighted by molar-refractivity contribution is -0.927. The van der Waals surface area contributed by atoms with Crippen LogP contribution < -0.4 is 9.80 Å². The van der Waals surface area contributed by atoms with Crippen LogP contribution in [0.2, 0.25) is 5.02 Å². The van der Waals surface area contributed by atoms with Crippen LogP contribution in [0.5, 0.6) is 0 Å². The van der Waals surface area contributed by atoms with Crippen molar-refractivity contribution < 1.29 is 4.90 Å². The fourth-order valence-corrected chi connectivity index (χ4v) is 5.70. The van der Waals surface area contributed by atoms with Crippen LogP contribution in [0.4, 0.5) is 5.82 Å². The Morgan fingerprint density at radius 3 is 2.50 bits per heavy atom. The summed E-state index contributed by atoms with van der Waals surface area (Å²) in [6.45, 7) is 4.54. The summed E-state index contributed by atoms with van der Waals surface area (Å²) in [5, 5.41) is 0.733. The molecule has 1 saturated carbocycles. The molecule has 0 spiro atoms. The van der Waals surface area contributed by atoms with Crippen LogP contribution in [0.25, 0.3) is 21.5 Å². The van der Waals surface area contributed by atoms with E-state index in [1.165, 1.54) is 56.7 Å². The van der Waals surface area contributed by atoms with Crippen molar-refractivity contribution in [1.29, 1.82) is 0 Å². The van der Waals surface area contributed by atoms with Crippen LogP contribution in [0, 0.1) is 0 Å². The molecule has 1 aromatic carbocycles. The smallest absolute Gasteiger partial charge is 0.152 e. The molecule has 1 aliphatic heterocycles. The van der Waals surface area contributed by atoms with Gasteiger partial charge < -0.3 is 9.80 Å². The average molecular weight is 415 g/mol. The lowest BCUT2D eigenvalue weighted by atomic mass is 9.94. The molecule has 0 unspecified atom stereocenters. The lowest BCUT2D eigenvalue weighted by Crippen LogP contribution is -3.18. The number of hydrogen-bond donors (Lipinski definition) is 1. The SMILES string of the molecule is Clc1ccc(-c2nsc3c(N4CC[NH+](C5CCCCC5)CC4)ncnc23)cc1. The first-order chi connectivity index (χ1) is 13.8. The first-order valence-electron chi connectivity index (χ1n) is 10.3. The number of piperazine rings is 1. The molecule has 2 fully saturated rings. The average Bonchev–Trinajstić information content (AvgIpc) is 3.19. The van der Waals surface area contributed by atoms with E-state index in [0.717, 1.165) is 51.4 Å². The van der Waals surface area contributed by atoms with E-state index >= 15 is 0 Å². The Hall–Kier alpha value is -1.76. The molecule has 5 nitrogen and oxygen atoms in total. The van der Waals surface area contributed by atoms with E-state index < -0.39 is 0 Å². The second kappa shape index (κ2) is 7.93. The maximum absolute atomic E-state index is 6.03. The number of halogens is 1. The Balaban J connectivity index is 1.37. The van der Waals surface area contributed by atoms with Gasteiger partial charge in [-0.1, -0.05) is 30.2 Å².